The molecule has 0 saturated carbocycles. The summed E-state index contributed by atoms with van der Waals surface area (Å²) in [7, 11) is 0. The Labute approximate surface area is 172 Å². The summed E-state index contributed by atoms with van der Waals surface area (Å²) in [6.45, 7) is 3.05. The van der Waals surface area contributed by atoms with E-state index in [1.54, 1.807) is 12.5 Å². The minimum absolute atomic E-state index is 0.0535. The molecule has 0 aliphatic heterocycles. The average Bonchev–Trinajstić information content (AvgIpc) is 3.20. The molecule has 6 heteroatoms. The van der Waals surface area contributed by atoms with Gasteiger partial charge in [0.15, 0.2) is 0 Å². The second-order valence-corrected chi connectivity index (χ2v) is 8.18. The van der Waals surface area contributed by atoms with Crippen LogP contribution in [0.5, 0.6) is 0 Å². The monoisotopic (exact) mass is 444 g/mol. The number of nitrogens with zero attached hydrogens (tertiary/aromatic N) is 2. The highest BCUT2D eigenvalue weighted by molar-refractivity contribution is 9.10. The fraction of sp³-hybridized carbons (Fsp3) is 0.238. The first-order valence-corrected chi connectivity index (χ1v) is 10.4. The number of imidazole rings is 1. The van der Waals surface area contributed by atoms with E-state index in [9.17, 15) is 4.79 Å². The van der Waals surface area contributed by atoms with Crippen molar-refractivity contribution < 1.29 is 9.53 Å². The number of ether oxygens (including phenoxy) is 1. The van der Waals surface area contributed by atoms with Crippen LogP contribution in [-0.4, -0.2) is 14.9 Å². The molecule has 4 nitrogen and oxygen atoms in total. The molecule has 0 spiro atoms. The third-order valence-corrected chi connectivity index (χ3v) is 5.75. The molecule has 27 heavy (non-hydrogen) atoms. The van der Waals surface area contributed by atoms with E-state index in [2.05, 4.69) is 40.0 Å². The smallest absolute Gasteiger partial charge is 0.368 e. The van der Waals surface area contributed by atoms with Crippen LogP contribution in [0.3, 0.4) is 0 Å². The van der Waals surface area contributed by atoms with Crippen LogP contribution in [0.15, 0.2) is 71.7 Å². The number of aromatic nitrogens is 2. The van der Waals surface area contributed by atoms with Crippen LogP contribution in [0.4, 0.5) is 4.79 Å². The second kappa shape index (κ2) is 9.76. The number of carbonyl (C=O) groups excluding carboxylic acids is 1. The molecule has 0 saturated heterocycles. The zero-order chi connectivity index (χ0) is 19.1. The topological polar surface area (TPSA) is 44.1 Å². The molecule has 0 aliphatic rings. The Balaban J connectivity index is 1.63. The van der Waals surface area contributed by atoms with Crippen molar-refractivity contribution in [3.63, 3.8) is 0 Å². The molecule has 1 heterocycles. The lowest BCUT2D eigenvalue weighted by molar-refractivity contribution is 0.168. The molecular weight excluding hydrogens is 424 g/mol. The highest BCUT2D eigenvalue weighted by Gasteiger charge is 2.19. The van der Waals surface area contributed by atoms with Crippen molar-refractivity contribution in [1.29, 1.82) is 0 Å². The number of hydrogen-bond donors (Lipinski definition) is 0. The van der Waals surface area contributed by atoms with Gasteiger partial charge in [0.25, 0.3) is 0 Å². The van der Waals surface area contributed by atoms with Gasteiger partial charge in [-0.05, 0) is 47.0 Å². The van der Waals surface area contributed by atoms with Gasteiger partial charge in [0, 0.05) is 23.4 Å². The minimum Gasteiger partial charge on any atom is -0.453 e. The fourth-order valence-corrected chi connectivity index (χ4v) is 3.80. The van der Waals surface area contributed by atoms with Gasteiger partial charge < -0.3 is 9.30 Å². The summed E-state index contributed by atoms with van der Waals surface area (Å²) >= 11 is 4.66. The Hall–Kier alpha value is -2.05. The minimum atomic E-state index is -0.275. The molecule has 2 aromatic carbocycles. The van der Waals surface area contributed by atoms with Gasteiger partial charge in [-0.15, -0.1) is 0 Å². The molecule has 140 valence electrons. The van der Waals surface area contributed by atoms with Crippen molar-refractivity contribution in [3.8, 4) is 0 Å². The van der Waals surface area contributed by atoms with E-state index in [0.29, 0.717) is 6.54 Å². The van der Waals surface area contributed by atoms with Gasteiger partial charge in [-0.1, -0.05) is 59.3 Å². The molecule has 0 bridgehead atoms. The molecule has 0 fully saturated rings. The van der Waals surface area contributed by atoms with E-state index in [0.717, 1.165) is 22.0 Å². The van der Waals surface area contributed by atoms with Crippen molar-refractivity contribution in [3.05, 3.63) is 88.4 Å². The van der Waals surface area contributed by atoms with Crippen molar-refractivity contribution in [2.75, 3.05) is 0 Å². The van der Waals surface area contributed by atoms with Crippen LogP contribution in [0.1, 0.15) is 28.9 Å². The predicted molar refractivity (Wildman–Crippen MR) is 113 cm³/mol. The van der Waals surface area contributed by atoms with Crippen molar-refractivity contribution in [2.45, 2.75) is 31.7 Å². The Bertz CT molecular complexity index is 849. The number of rotatable bonds is 7. The van der Waals surface area contributed by atoms with Crippen molar-refractivity contribution in [1.82, 2.24) is 9.55 Å². The fourth-order valence-electron chi connectivity index (χ4n) is 2.64. The van der Waals surface area contributed by atoms with Crippen LogP contribution in [0, 0.1) is 0 Å². The zero-order valence-corrected chi connectivity index (χ0v) is 17.4. The SMILES string of the molecule is CCc1ccc(COC(=O)SC(Cn2ccnc2)c2ccc(Br)cc2)cc1. The maximum atomic E-state index is 12.4. The number of carbonyl (C=O) groups is 1. The van der Waals surface area contributed by atoms with E-state index in [1.165, 1.54) is 17.3 Å². The molecule has 0 N–H and O–H groups in total. The zero-order valence-electron chi connectivity index (χ0n) is 15.0. The average molecular weight is 445 g/mol. The Morgan fingerprint density at radius 1 is 1.15 bits per heavy atom. The molecule has 3 rings (SSSR count). The van der Waals surface area contributed by atoms with Crippen LogP contribution < -0.4 is 0 Å². The van der Waals surface area contributed by atoms with E-state index in [-0.39, 0.29) is 17.2 Å². The number of aryl methyl sites for hydroxylation is 1. The Morgan fingerprint density at radius 2 is 1.85 bits per heavy atom. The van der Waals surface area contributed by atoms with Crippen LogP contribution in [0.2, 0.25) is 0 Å². The van der Waals surface area contributed by atoms with Crippen LogP contribution >= 0.6 is 27.7 Å². The summed E-state index contributed by atoms with van der Waals surface area (Å²) in [6, 6.07) is 16.2. The standard InChI is InChI=1S/C21H21BrN2O2S/c1-2-16-3-5-17(6-4-16)14-26-21(25)27-20(13-24-12-11-23-15-24)18-7-9-19(22)10-8-18/h3-12,15,20H,2,13-14H2,1H3. The van der Waals surface area contributed by atoms with E-state index < -0.39 is 0 Å². The summed E-state index contributed by atoms with van der Waals surface area (Å²) in [5, 5.41) is -0.329. The van der Waals surface area contributed by atoms with Crippen molar-refractivity contribution in [2.24, 2.45) is 0 Å². The Morgan fingerprint density at radius 3 is 2.48 bits per heavy atom. The maximum absolute atomic E-state index is 12.4. The van der Waals surface area contributed by atoms with Crippen LogP contribution in [0.25, 0.3) is 0 Å². The number of hydrogen-bond acceptors (Lipinski definition) is 4. The molecule has 0 aliphatic carbocycles. The molecule has 1 unspecified atom stereocenters. The predicted octanol–water partition coefficient (Wildman–Crippen LogP) is 6.02. The van der Waals surface area contributed by atoms with E-state index in [1.807, 2.05) is 47.2 Å². The third-order valence-electron chi connectivity index (χ3n) is 4.20. The first kappa shape index (κ1) is 19.7. The number of benzene rings is 2. The first-order chi connectivity index (χ1) is 13.1. The normalized spacial score (nSPS) is 11.9. The van der Waals surface area contributed by atoms with Gasteiger partial charge >= 0.3 is 5.30 Å². The molecule has 3 aromatic rings. The highest BCUT2D eigenvalue weighted by Crippen LogP contribution is 2.33. The summed E-state index contributed by atoms with van der Waals surface area (Å²) < 4.78 is 8.47. The summed E-state index contributed by atoms with van der Waals surface area (Å²) in [4.78, 5) is 16.5. The molecular formula is C21H21BrN2O2S. The molecule has 0 amide bonds. The van der Waals surface area contributed by atoms with Gasteiger partial charge in [0.1, 0.15) is 6.61 Å². The van der Waals surface area contributed by atoms with Crippen molar-refractivity contribution >= 4 is 33.0 Å². The Kier molecular flexibility index (Phi) is 7.12. The van der Waals surface area contributed by atoms with Gasteiger partial charge in [-0.25, -0.2) is 9.78 Å². The van der Waals surface area contributed by atoms with Gasteiger partial charge in [0.05, 0.1) is 11.6 Å². The van der Waals surface area contributed by atoms with Gasteiger partial charge in [-0.2, -0.15) is 0 Å². The van der Waals surface area contributed by atoms with Gasteiger partial charge in [-0.3, -0.25) is 0 Å². The first-order valence-electron chi connectivity index (χ1n) is 8.76. The third kappa shape index (κ3) is 5.97. The molecule has 1 atom stereocenters. The highest BCUT2D eigenvalue weighted by atomic mass is 79.9. The number of halogens is 1. The van der Waals surface area contributed by atoms with Gasteiger partial charge in [0.2, 0.25) is 0 Å². The lowest BCUT2D eigenvalue weighted by Crippen LogP contribution is -2.09. The summed E-state index contributed by atoms with van der Waals surface area (Å²) in [5.41, 5.74) is 3.34. The quantitative estimate of drug-likeness (QED) is 0.417. The van der Waals surface area contributed by atoms with E-state index >= 15 is 0 Å². The summed E-state index contributed by atoms with van der Waals surface area (Å²) in [5.74, 6) is 0. The largest absolute Gasteiger partial charge is 0.453 e. The van der Waals surface area contributed by atoms with Crippen LogP contribution in [-0.2, 0) is 24.3 Å². The summed E-state index contributed by atoms with van der Waals surface area (Å²) in [6.07, 6.45) is 6.39. The number of thioether (sulfide) groups is 1. The maximum Gasteiger partial charge on any atom is 0.368 e. The lowest BCUT2D eigenvalue weighted by Gasteiger charge is -2.17. The lowest BCUT2D eigenvalue weighted by atomic mass is 10.1. The molecule has 0 radical (unpaired) electrons. The molecule has 1 aromatic heterocycles. The van der Waals surface area contributed by atoms with E-state index in [4.69, 9.17) is 4.74 Å². The second-order valence-electron chi connectivity index (χ2n) is 6.13.